The molecule has 0 bridgehead atoms. The molecule has 2 amide bonds. The van der Waals surface area contributed by atoms with Gasteiger partial charge in [0.1, 0.15) is 0 Å². The third-order valence-corrected chi connectivity index (χ3v) is 6.13. The fraction of sp³-hybridized carbons (Fsp3) is 0.727. The summed E-state index contributed by atoms with van der Waals surface area (Å²) in [5, 5.41) is 14.8. The lowest BCUT2D eigenvalue weighted by atomic mass is 9.91. The largest absolute Gasteiger partial charge is 0.473 e. The van der Waals surface area contributed by atoms with Gasteiger partial charge in [-0.1, -0.05) is 12.2 Å². The van der Waals surface area contributed by atoms with E-state index in [0.29, 0.717) is 32.8 Å². The Morgan fingerprint density at radius 3 is 1.97 bits per heavy atom. The van der Waals surface area contributed by atoms with E-state index in [1.165, 1.54) is 25.8 Å². The van der Waals surface area contributed by atoms with Crippen LogP contribution in [0.3, 0.4) is 0 Å². The lowest BCUT2D eigenvalue weighted by Crippen LogP contribution is -2.53. The van der Waals surface area contributed by atoms with Crippen molar-refractivity contribution in [2.75, 3.05) is 52.4 Å². The lowest BCUT2D eigenvalue weighted by molar-refractivity contribution is -0.159. The molecule has 0 radical (unpaired) electrons. The van der Waals surface area contributed by atoms with E-state index in [1.807, 2.05) is 11.8 Å². The number of amides is 2. The molecule has 1 unspecified atom stereocenters. The van der Waals surface area contributed by atoms with Gasteiger partial charge in [-0.2, -0.15) is 0 Å². The number of piperidine rings is 1. The van der Waals surface area contributed by atoms with Crippen molar-refractivity contribution in [2.24, 2.45) is 11.8 Å². The average Bonchev–Trinajstić information content (AvgIpc) is 2.80. The summed E-state index contributed by atoms with van der Waals surface area (Å²) in [5.74, 6) is -2.41. The highest BCUT2D eigenvalue weighted by molar-refractivity contribution is 6.27. The first kappa shape index (κ1) is 25.6. The maximum atomic E-state index is 12.8. The fourth-order valence-electron chi connectivity index (χ4n) is 4.33. The second kappa shape index (κ2) is 13.0. The second-order valence-electron chi connectivity index (χ2n) is 8.35. The molecule has 0 spiro atoms. The van der Waals surface area contributed by atoms with Crippen LogP contribution in [-0.2, 0) is 19.1 Å². The summed E-state index contributed by atoms with van der Waals surface area (Å²) < 4.78 is 5.04. The number of hydrogen-bond acceptors (Lipinski definition) is 6. The highest BCUT2D eigenvalue weighted by Crippen LogP contribution is 2.24. The summed E-state index contributed by atoms with van der Waals surface area (Å²) in [6, 6.07) is 0. The lowest BCUT2D eigenvalue weighted by Gasteiger charge is -2.38. The molecule has 0 saturated carbocycles. The molecular formula is C22H35N3O7. The van der Waals surface area contributed by atoms with Crippen molar-refractivity contribution in [3.05, 3.63) is 12.2 Å². The van der Waals surface area contributed by atoms with Crippen LogP contribution in [0.25, 0.3) is 0 Å². The number of allylic oxidation sites excluding steroid dienone is 2. The predicted molar refractivity (Wildman–Crippen MR) is 116 cm³/mol. The minimum Gasteiger partial charge on any atom is -0.473 e. The first-order valence-corrected chi connectivity index (χ1v) is 11.4. The number of carbonyl (C=O) groups is 4. The first-order valence-electron chi connectivity index (χ1n) is 11.4. The van der Waals surface area contributed by atoms with Crippen molar-refractivity contribution in [3.8, 4) is 0 Å². The molecule has 3 aliphatic rings. The van der Waals surface area contributed by atoms with Crippen molar-refractivity contribution < 1.29 is 34.1 Å². The summed E-state index contributed by atoms with van der Waals surface area (Å²) in [7, 11) is 0. The number of carbonyl (C=O) groups excluding carboxylic acids is 2. The number of carboxylic acids is 2. The Kier molecular flexibility index (Phi) is 10.5. The summed E-state index contributed by atoms with van der Waals surface area (Å²) >= 11 is 0. The van der Waals surface area contributed by atoms with Gasteiger partial charge in [0.15, 0.2) is 0 Å². The maximum absolute atomic E-state index is 12.8. The molecule has 2 heterocycles. The fourth-order valence-corrected chi connectivity index (χ4v) is 4.33. The SMILES string of the molecule is CCOC(=O)N1CCN(C(=O)C2CCN(CC3CC=CCC3)CC2)CC1.O=C(O)C(=O)O. The standard InChI is InChI=1S/C20H33N3O3.C2H2O4/c1-2-26-20(25)23-14-12-22(13-15-23)19(24)18-8-10-21(11-9-18)16-17-6-4-3-5-7-17;3-1(4)2(5)6/h3-4,17-18H,2,5-16H2,1H3;(H,3,4)(H,5,6). The summed E-state index contributed by atoms with van der Waals surface area (Å²) in [5.41, 5.74) is 0. The Morgan fingerprint density at radius 2 is 1.47 bits per heavy atom. The molecule has 10 heteroatoms. The van der Waals surface area contributed by atoms with Crippen LogP contribution in [-0.4, -0.2) is 101 Å². The number of piperazine rings is 1. The Hall–Kier alpha value is -2.62. The van der Waals surface area contributed by atoms with E-state index in [4.69, 9.17) is 24.5 Å². The molecular weight excluding hydrogens is 418 g/mol. The molecule has 180 valence electrons. The van der Waals surface area contributed by atoms with Gasteiger partial charge in [0.05, 0.1) is 6.61 Å². The van der Waals surface area contributed by atoms with E-state index in [0.717, 1.165) is 31.8 Å². The highest BCUT2D eigenvalue weighted by atomic mass is 16.6. The zero-order chi connectivity index (χ0) is 23.5. The summed E-state index contributed by atoms with van der Waals surface area (Å²) in [6.07, 6.45) is 10.0. The third kappa shape index (κ3) is 8.14. The average molecular weight is 454 g/mol. The first-order chi connectivity index (χ1) is 15.3. The van der Waals surface area contributed by atoms with Crippen LogP contribution < -0.4 is 0 Å². The van der Waals surface area contributed by atoms with Gasteiger partial charge in [-0.25, -0.2) is 14.4 Å². The van der Waals surface area contributed by atoms with Crippen molar-refractivity contribution in [1.29, 1.82) is 0 Å². The minimum absolute atomic E-state index is 0.159. The van der Waals surface area contributed by atoms with E-state index >= 15 is 0 Å². The molecule has 10 nitrogen and oxygen atoms in total. The summed E-state index contributed by atoms with van der Waals surface area (Å²) in [4.78, 5) is 49.0. The van der Waals surface area contributed by atoms with Gasteiger partial charge in [-0.05, 0) is 58.0 Å². The molecule has 1 aliphatic carbocycles. The Morgan fingerprint density at radius 1 is 0.875 bits per heavy atom. The normalized spacial score (nSPS) is 22.0. The monoisotopic (exact) mass is 453 g/mol. The number of ether oxygens (including phenoxy) is 1. The highest BCUT2D eigenvalue weighted by Gasteiger charge is 2.32. The third-order valence-electron chi connectivity index (χ3n) is 6.13. The van der Waals surface area contributed by atoms with Gasteiger partial charge in [0.2, 0.25) is 5.91 Å². The van der Waals surface area contributed by atoms with Gasteiger partial charge < -0.3 is 29.6 Å². The van der Waals surface area contributed by atoms with Crippen LogP contribution in [0.4, 0.5) is 4.79 Å². The van der Waals surface area contributed by atoms with E-state index in [-0.39, 0.29) is 17.9 Å². The van der Waals surface area contributed by atoms with E-state index in [9.17, 15) is 9.59 Å². The Bertz CT molecular complexity index is 669. The topological polar surface area (TPSA) is 128 Å². The van der Waals surface area contributed by atoms with Gasteiger partial charge in [-0.3, -0.25) is 4.79 Å². The Labute approximate surface area is 188 Å². The molecule has 3 rings (SSSR count). The van der Waals surface area contributed by atoms with Crippen molar-refractivity contribution in [2.45, 2.75) is 39.0 Å². The maximum Gasteiger partial charge on any atom is 0.414 e. The number of carboxylic acid groups (broad SMARTS) is 2. The van der Waals surface area contributed by atoms with E-state index in [2.05, 4.69) is 17.1 Å². The smallest absolute Gasteiger partial charge is 0.414 e. The van der Waals surface area contributed by atoms with Crippen LogP contribution in [0.1, 0.15) is 39.0 Å². The van der Waals surface area contributed by atoms with Gasteiger partial charge >= 0.3 is 18.0 Å². The Balaban J connectivity index is 0.000000534. The molecule has 0 aromatic carbocycles. The van der Waals surface area contributed by atoms with Crippen molar-refractivity contribution >= 4 is 23.9 Å². The van der Waals surface area contributed by atoms with Crippen LogP contribution in [0.5, 0.6) is 0 Å². The minimum atomic E-state index is -1.82. The quantitative estimate of drug-likeness (QED) is 0.484. The van der Waals surface area contributed by atoms with Crippen LogP contribution >= 0.6 is 0 Å². The van der Waals surface area contributed by atoms with E-state index < -0.39 is 11.9 Å². The molecule has 0 aromatic heterocycles. The van der Waals surface area contributed by atoms with Gasteiger partial charge in [0, 0.05) is 38.6 Å². The molecule has 2 fully saturated rings. The van der Waals surface area contributed by atoms with Crippen LogP contribution in [0.15, 0.2) is 12.2 Å². The molecule has 32 heavy (non-hydrogen) atoms. The predicted octanol–water partition coefficient (Wildman–Crippen LogP) is 1.51. The van der Waals surface area contributed by atoms with Crippen LogP contribution in [0.2, 0.25) is 0 Å². The number of likely N-dealkylation sites (tertiary alicyclic amines) is 1. The summed E-state index contributed by atoms with van der Waals surface area (Å²) in [6.45, 7) is 7.90. The van der Waals surface area contributed by atoms with Crippen LogP contribution in [0, 0.1) is 11.8 Å². The number of nitrogens with zero attached hydrogens (tertiary/aromatic N) is 3. The number of rotatable bonds is 4. The van der Waals surface area contributed by atoms with Gasteiger partial charge in [0.25, 0.3) is 0 Å². The van der Waals surface area contributed by atoms with Crippen molar-refractivity contribution in [1.82, 2.24) is 14.7 Å². The molecule has 0 aromatic rings. The molecule has 2 aliphatic heterocycles. The number of aliphatic carboxylic acids is 2. The zero-order valence-electron chi connectivity index (χ0n) is 18.8. The number of hydrogen-bond donors (Lipinski definition) is 2. The molecule has 2 N–H and O–H groups in total. The zero-order valence-corrected chi connectivity index (χ0v) is 18.8. The molecule has 2 saturated heterocycles. The van der Waals surface area contributed by atoms with Crippen molar-refractivity contribution in [3.63, 3.8) is 0 Å². The second-order valence-corrected chi connectivity index (χ2v) is 8.35. The molecule has 1 atom stereocenters. The van der Waals surface area contributed by atoms with Gasteiger partial charge in [-0.15, -0.1) is 0 Å². The van der Waals surface area contributed by atoms with E-state index in [1.54, 1.807) is 4.90 Å².